The maximum absolute atomic E-state index is 12.6. The zero-order chi connectivity index (χ0) is 27.9. The lowest BCUT2D eigenvalue weighted by Gasteiger charge is -2.28. The van der Waals surface area contributed by atoms with E-state index in [4.69, 9.17) is 26.8 Å². The molecule has 11 nitrogen and oxygen atoms in total. The number of aliphatic hydroxyl groups is 1. The van der Waals surface area contributed by atoms with Crippen LogP contribution in [0.3, 0.4) is 0 Å². The molecular weight excluding hydrogens is 500 g/mol. The van der Waals surface area contributed by atoms with Gasteiger partial charge in [0.25, 0.3) is 0 Å². The molecule has 0 aliphatic carbocycles. The first kappa shape index (κ1) is 30.1. The number of carbonyl (C=O) groups excluding carboxylic acids is 2. The van der Waals surface area contributed by atoms with Crippen molar-refractivity contribution in [2.24, 2.45) is 5.73 Å². The highest BCUT2D eigenvalue weighted by Gasteiger charge is 2.26. The largest absolute Gasteiger partial charge is 0.497 e. The van der Waals surface area contributed by atoms with Crippen molar-refractivity contribution < 1.29 is 24.2 Å². The molecule has 204 valence electrons. The lowest BCUT2D eigenvalue weighted by Crippen LogP contribution is -2.47. The lowest BCUT2D eigenvalue weighted by molar-refractivity contribution is -0.125. The molecule has 0 saturated heterocycles. The van der Waals surface area contributed by atoms with Crippen LogP contribution in [0, 0.1) is 0 Å². The maximum Gasteiger partial charge on any atom is 0.410 e. The number of nitrogens with zero attached hydrogens (tertiary/aromatic N) is 3. The van der Waals surface area contributed by atoms with Crippen molar-refractivity contribution in [1.82, 2.24) is 20.2 Å². The third kappa shape index (κ3) is 8.73. The molecule has 2 aromatic rings. The third-order valence-corrected chi connectivity index (χ3v) is 5.68. The molecule has 0 aliphatic heterocycles. The molecule has 2 rings (SSSR count). The van der Waals surface area contributed by atoms with E-state index in [-0.39, 0.29) is 22.6 Å². The minimum absolute atomic E-state index is 0.168. The summed E-state index contributed by atoms with van der Waals surface area (Å²) in [6, 6.07) is 4.72. The Hall–Kier alpha value is -3.15. The van der Waals surface area contributed by atoms with Crippen molar-refractivity contribution >= 4 is 35.1 Å². The average Bonchev–Trinajstić information content (AvgIpc) is 2.81. The Morgan fingerprint density at radius 2 is 1.92 bits per heavy atom. The van der Waals surface area contributed by atoms with E-state index in [0.29, 0.717) is 36.5 Å². The topological polar surface area (TPSA) is 152 Å². The quantitative estimate of drug-likeness (QED) is 0.335. The number of rotatable bonds is 10. The average molecular weight is 537 g/mol. The van der Waals surface area contributed by atoms with E-state index in [1.165, 1.54) is 11.9 Å². The van der Waals surface area contributed by atoms with Crippen molar-refractivity contribution in [2.75, 3.05) is 26.0 Å². The van der Waals surface area contributed by atoms with Gasteiger partial charge < -0.3 is 30.9 Å². The van der Waals surface area contributed by atoms with Gasteiger partial charge in [-0.3, -0.25) is 9.69 Å². The molecule has 0 bridgehead atoms. The number of aromatic nitrogens is 2. The van der Waals surface area contributed by atoms with Crippen molar-refractivity contribution in [2.45, 2.75) is 65.3 Å². The van der Waals surface area contributed by atoms with Gasteiger partial charge in [-0.15, -0.1) is 0 Å². The Labute approximate surface area is 222 Å². The second kappa shape index (κ2) is 12.9. The number of nitrogens with one attached hydrogen (secondary N) is 2. The number of ether oxygens (including phenoxy) is 2. The van der Waals surface area contributed by atoms with E-state index in [9.17, 15) is 14.7 Å². The molecule has 12 heteroatoms. The van der Waals surface area contributed by atoms with Crippen LogP contribution in [0.15, 0.2) is 18.2 Å². The highest BCUT2D eigenvalue weighted by molar-refractivity contribution is 6.30. The minimum atomic E-state index is -1.35. The van der Waals surface area contributed by atoms with Crippen LogP contribution in [0.4, 0.5) is 16.3 Å². The Morgan fingerprint density at radius 3 is 2.49 bits per heavy atom. The zero-order valence-corrected chi connectivity index (χ0v) is 23.1. The molecule has 0 radical (unpaired) electrons. The van der Waals surface area contributed by atoms with Crippen LogP contribution >= 0.6 is 11.6 Å². The molecule has 5 N–H and O–H groups in total. The van der Waals surface area contributed by atoms with Crippen molar-refractivity contribution in [3.63, 3.8) is 0 Å². The van der Waals surface area contributed by atoms with Gasteiger partial charge in [0.15, 0.2) is 11.0 Å². The summed E-state index contributed by atoms with van der Waals surface area (Å²) in [5.41, 5.74) is 7.19. The van der Waals surface area contributed by atoms with Crippen LogP contribution in [0.25, 0.3) is 0 Å². The predicted octanol–water partition coefficient (Wildman–Crippen LogP) is 3.31. The fourth-order valence-corrected chi connectivity index (χ4v) is 3.53. The van der Waals surface area contributed by atoms with Gasteiger partial charge >= 0.3 is 6.09 Å². The Balaban J connectivity index is 2.11. The van der Waals surface area contributed by atoms with Crippen LogP contribution in [0.5, 0.6) is 5.75 Å². The molecule has 0 aliphatic rings. The van der Waals surface area contributed by atoms with Gasteiger partial charge in [0.2, 0.25) is 5.91 Å². The summed E-state index contributed by atoms with van der Waals surface area (Å²) in [6.07, 6.45) is -0.907. The summed E-state index contributed by atoms with van der Waals surface area (Å²) < 4.78 is 10.7. The number of aliphatic hydroxyl groups excluding tert-OH is 1. The number of hydrogen-bond donors (Lipinski definition) is 4. The highest BCUT2D eigenvalue weighted by Crippen LogP contribution is 2.28. The predicted molar refractivity (Wildman–Crippen MR) is 142 cm³/mol. The number of hydrogen-bond acceptors (Lipinski definition) is 9. The second-order valence-electron chi connectivity index (χ2n) is 9.50. The number of methoxy groups -OCH3 is 1. The maximum atomic E-state index is 12.6. The monoisotopic (exact) mass is 536 g/mol. The standard InChI is InChI=1S/C25H37ClN6O5/c1-8-18-20(26)31-22(19(30-18)21(27)33)29-16-11-15(12-17(13-16)36-7)9-10-28-23(34)14(2)32(6)24(35)37-25(3,4)5/h11-14,21,33H,8-10,27H2,1-7H3,(H,28,34)(H,29,31)/t14-,21?/m0/s1. The summed E-state index contributed by atoms with van der Waals surface area (Å²) >= 11 is 6.23. The molecule has 0 fully saturated rings. The molecule has 37 heavy (non-hydrogen) atoms. The van der Waals surface area contributed by atoms with Gasteiger partial charge in [-0.05, 0) is 58.2 Å². The summed E-state index contributed by atoms with van der Waals surface area (Å²) in [7, 11) is 3.06. The molecular formula is C25H37ClN6O5. The van der Waals surface area contributed by atoms with Gasteiger partial charge in [0.05, 0.1) is 12.8 Å². The van der Waals surface area contributed by atoms with Crippen LogP contribution in [-0.2, 0) is 22.4 Å². The van der Waals surface area contributed by atoms with E-state index >= 15 is 0 Å². The van der Waals surface area contributed by atoms with Gasteiger partial charge in [0.1, 0.15) is 29.3 Å². The molecule has 0 saturated carbocycles. The number of benzene rings is 1. The Kier molecular flexibility index (Phi) is 10.5. The lowest BCUT2D eigenvalue weighted by atomic mass is 10.1. The van der Waals surface area contributed by atoms with Crippen molar-refractivity contribution in [3.05, 3.63) is 40.3 Å². The van der Waals surface area contributed by atoms with Crippen LogP contribution in [0.1, 0.15) is 57.8 Å². The zero-order valence-electron chi connectivity index (χ0n) is 22.4. The van der Waals surface area contributed by atoms with Crippen LogP contribution < -0.4 is 21.1 Å². The Bertz CT molecular complexity index is 1110. The van der Waals surface area contributed by atoms with E-state index in [2.05, 4.69) is 20.6 Å². The first-order valence-electron chi connectivity index (χ1n) is 11.9. The van der Waals surface area contributed by atoms with Gasteiger partial charge in [-0.2, -0.15) is 0 Å². The highest BCUT2D eigenvalue weighted by atomic mass is 35.5. The van der Waals surface area contributed by atoms with E-state index < -0.39 is 24.0 Å². The number of halogens is 1. The number of anilines is 2. The van der Waals surface area contributed by atoms with E-state index in [1.807, 2.05) is 19.1 Å². The number of carbonyl (C=O) groups is 2. The third-order valence-electron chi connectivity index (χ3n) is 5.38. The summed E-state index contributed by atoms with van der Waals surface area (Å²) in [6.45, 7) is 9.12. The fourth-order valence-electron chi connectivity index (χ4n) is 3.27. The van der Waals surface area contributed by atoms with Crippen LogP contribution in [0.2, 0.25) is 5.15 Å². The summed E-state index contributed by atoms with van der Waals surface area (Å²) in [5.74, 6) is 0.490. The fraction of sp³-hybridized carbons (Fsp3) is 0.520. The summed E-state index contributed by atoms with van der Waals surface area (Å²) in [5, 5.41) is 16.1. The molecule has 2 atom stereocenters. The molecule has 2 amide bonds. The van der Waals surface area contributed by atoms with Gasteiger partial charge in [0, 0.05) is 25.3 Å². The second-order valence-corrected chi connectivity index (χ2v) is 9.85. The molecule has 0 spiro atoms. The number of nitrogens with two attached hydrogens (primary N) is 1. The normalized spacial score (nSPS) is 12.9. The SMILES string of the molecule is CCc1nc(C(N)O)c(Nc2cc(CCNC(=O)[C@H](C)N(C)C(=O)OC(C)(C)C)cc(OC)c2)nc1Cl. The van der Waals surface area contributed by atoms with E-state index in [0.717, 1.165) is 5.56 Å². The Morgan fingerprint density at radius 1 is 1.24 bits per heavy atom. The van der Waals surface area contributed by atoms with Gasteiger partial charge in [-0.1, -0.05) is 18.5 Å². The van der Waals surface area contributed by atoms with Crippen molar-refractivity contribution in [1.29, 1.82) is 0 Å². The van der Waals surface area contributed by atoms with Gasteiger partial charge in [-0.25, -0.2) is 14.8 Å². The molecule has 1 heterocycles. The number of likely N-dealkylation sites (N-methyl/N-ethyl adjacent to an activating group) is 1. The number of aryl methyl sites for hydroxylation is 1. The minimum Gasteiger partial charge on any atom is -0.497 e. The first-order chi connectivity index (χ1) is 17.2. The summed E-state index contributed by atoms with van der Waals surface area (Å²) in [4.78, 5) is 34.8. The molecule has 1 aromatic carbocycles. The van der Waals surface area contributed by atoms with Crippen molar-refractivity contribution in [3.8, 4) is 5.75 Å². The van der Waals surface area contributed by atoms with Crippen LogP contribution in [-0.4, -0.2) is 64.3 Å². The van der Waals surface area contributed by atoms with E-state index in [1.54, 1.807) is 40.9 Å². The first-order valence-corrected chi connectivity index (χ1v) is 12.3. The smallest absolute Gasteiger partial charge is 0.410 e. The number of amides is 2. The molecule has 1 aromatic heterocycles. The molecule has 1 unspecified atom stereocenters.